The topological polar surface area (TPSA) is 61.1 Å². The van der Waals surface area contributed by atoms with Crippen LogP contribution in [-0.4, -0.2) is 20.7 Å². The van der Waals surface area contributed by atoms with E-state index >= 15 is 0 Å². The maximum Gasteiger partial charge on any atom is 0.333 e. The minimum Gasteiger partial charge on any atom is -0.295 e. The van der Waals surface area contributed by atoms with Gasteiger partial charge in [-0.05, 0) is 43.3 Å². The van der Waals surface area contributed by atoms with Gasteiger partial charge in [0.15, 0.2) is 11.6 Å². The quantitative estimate of drug-likeness (QED) is 0.203. The Morgan fingerprint density at radius 2 is 0.923 bits per heavy atom. The second-order valence-electron chi connectivity index (χ2n) is 8.31. The number of imidazole rings is 1. The summed E-state index contributed by atoms with van der Waals surface area (Å²) in [6.45, 7) is 9.97. The van der Waals surface area contributed by atoms with Crippen LogP contribution >= 0.6 is 0 Å². The van der Waals surface area contributed by atoms with Gasteiger partial charge in [0.25, 0.3) is 0 Å². The Kier molecular flexibility index (Phi) is 12.0. The average molecular weight is 596 g/mol. The fourth-order valence-electron chi connectivity index (χ4n) is 4.12. The van der Waals surface area contributed by atoms with Gasteiger partial charge in [-0.1, -0.05) is 93.9 Å². The van der Waals surface area contributed by atoms with Crippen molar-refractivity contribution in [3.8, 4) is 5.69 Å². The maximum absolute atomic E-state index is 13.0. The number of aryl methyl sites for hydroxylation is 2. The van der Waals surface area contributed by atoms with E-state index in [-0.39, 0.29) is 50.0 Å². The molecule has 5 aromatic rings. The van der Waals surface area contributed by atoms with Crippen molar-refractivity contribution in [3.63, 3.8) is 0 Å². The Bertz CT molecular complexity index is 1590. The molecule has 0 unspecified atom stereocenters. The van der Waals surface area contributed by atoms with Crippen LogP contribution < -0.4 is 5.69 Å². The molecule has 4 aromatic carbocycles. The molecule has 39 heavy (non-hydrogen) atoms. The van der Waals surface area contributed by atoms with E-state index < -0.39 is 0 Å². The fourth-order valence-corrected chi connectivity index (χ4v) is 4.12. The van der Waals surface area contributed by atoms with Crippen molar-refractivity contribution in [2.45, 2.75) is 34.6 Å². The van der Waals surface area contributed by atoms with Crippen LogP contribution in [0.2, 0.25) is 0 Å². The third-order valence-corrected chi connectivity index (χ3v) is 6.07. The predicted octanol–water partition coefficient (Wildman–Crippen LogP) is 7.15. The SMILES string of the molecule is CC.CC.Cc1ccc(C(=O)c2ccc(C(=O)c3ccc(-n4c(=O)n(C)c5ccccc54)cc3)cc2)cc1.[Y]. The first-order chi connectivity index (χ1) is 18.4. The molecular weight excluding hydrogens is 561 g/mol. The Labute approximate surface area is 255 Å². The van der Waals surface area contributed by atoms with E-state index in [9.17, 15) is 14.4 Å². The van der Waals surface area contributed by atoms with Gasteiger partial charge in [0.05, 0.1) is 16.7 Å². The number of para-hydroxylation sites is 2. The molecule has 0 atom stereocenters. The van der Waals surface area contributed by atoms with Gasteiger partial charge in [0.1, 0.15) is 0 Å². The average Bonchev–Trinajstić information content (AvgIpc) is 3.24. The van der Waals surface area contributed by atoms with Crippen LogP contribution in [0.15, 0.2) is 102 Å². The van der Waals surface area contributed by atoms with Gasteiger partial charge in [-0.3, -0.25) is 18.7 Å². The van der Waals surface area contributed by atoms with Crippen molar-refractivity contribution in [2.75, 3.05) is 0 Å². The van der Waals surface area contributed by atoms with Crippen molar-refractivity contribution >= 4 is 22.6 Å². The standard InChI is InChI=1S/C29H22N2O3.2C2H6.Y/c1-19-7-9-20(10-8-19)27(32)21-11-13-22(14-12-21)28(33)23-15-17-24(18-16-23)31-26-6-4-3-5-25(26)30(2)29(31)34;2*1-2;/h3-18H,1-2H3;2*1-2H3;. The minimum atomic E-state index is -0.147. The number of carbonyl (C=O) groups is 2. The second-order valence-corrected chi connectivity index (χ2v) is 8.31. The fraction of sp³-hybridized carbons (Fsp3) is 0.182. The summed E-state index contributed by atoms with van der Waals surface area (Å²) < 4.78 is 3.24. The number of rotatable bonds is 5. The third kappa shape index (κ3) is 6.79. The van der Waals surface area contributed by atoms with Crippen LogP contribution in [0, 0.1) is 6.92 Å². The molecule has 6 heteroatoms. The van der Waals surface area contributed by atoms with E-state index in [2.05, 4.69) is 0 Å². The molecule has 0 saturated heterocycles. The van der Waals surface area contributed by atoms with Gasteiger partial charge < -0.3 is 0 Å². The second kappa shape index (κ2) is 14.7. The maximum atomic E-state index is 13.0. The largest absolute Gasteiger partial charge is 0.333 e. The van der Waals surface area contributed by atoms with Crippen molar-refractivity contribution < 1.29 is 42.3 Å². The number of hydrogen-bond acceptors (Lipinski definition) is 3. The van der Waals surface area contributed by atoms with Gasteiger partial charge in [-0.2, -0.15) is 0 Å². The van der Waals surface area contributed by atoms with Crippen LogP contribution in [-0.2, 0) is 39.8 Å². The molecular formula is C33H34N2O3Y. The molecule has 0 aliphatic heterocycles. The molecule has 0 spiro atoms. The first kappa shape index (κ1) is 31.8. The Hall–Kier alpha value is -3.41. The molecule has 0 saturated carbocycles. The van der Waals surface area contributed by atoms with E-state index in [1.165, 1.54) is 0 Å². The third-order valence-electron chi connectivity index (χ3n) is 6.07. The van der Waals surface area contributed by atoms with Gasteiger partial charge in [-0.15, -0.1) is 0 Å². The monoisotopic (exact) mass is 595 g/mol. The molecule has 0 aliphatic rings. The molecule has 1 heterocycles. The van der Waals surface area contributed by atoms with E-state index in [4.69, 9.17) is 0 Å². The number of nitrogens with zero attached hydrogens (tertiary/aromatic N) is 2. The zero-order valence-electron chi connectivity index (χ0n) is 23.4. The molecule has 197 valence electrons. The van der Waals surface area contributed by atoms with Crippen LogP contribution in [0.1, 0.15) is 65.1 Å². The summed E-state index contributed by atoms with van der Waals surface area (Å²) in [6.07, 6.45) is 0. The molecule has 1 aromatic heterocycles. The summed E-state index contributed by atoms with van der Waals surface area (Å²) in [6, 6.07) is 28.7. The molecule has 0 bridgehead atoms. The number of benzene rings is 4. The van der Waals surface area contributed by atoms with Gasteiger partial charge in [0.2, 0.25) is 0 Å². The first-order valence-corrected chi connectivity index (χ1v) is 13.0. The molecule has 0 fully saturated rings. The van der Waals surface area contributed by atoms with Crippen molar-refractivity contribution in [1.29, 1.82) is 0 Å². The van der Waals surface area contributed by atoms with Gasteiger partial charge in [-0.25, -0.2) is 4.79 Å². The van der Waals surface area contributed by atoms with Gasteiger partial charge in [0, 0.05) is 62.0 Å². The van der Waals surface area contributed by atoms with Crippen molar-refractivity contribution in [2.24, 2.45) is 7.05 Å². The molecule has 5 nitrogen and oxygen atoms in total. The number of ketones is 2. The van der Waals surface area contributed by atoms with E-state index in [0.717, 1.165) is 16.6 Å². The summed E-state index contributed by atoms with van der Waals surface area (Å²) in [4.78, 5) is 38.5. The Morgan fingerprint density at radius 1 is 0.564 bits per heavy atom. The number of aromatic nitrogens is 2. The molecule has 0 amide bonds. The molecule has 5 rings (SSSR count). The Morgan fingerprint density at radius 3 is 1.36 bits per heavy atom. The normalized spacial score (nSPS) is 9.90. The Balaban J connectivity index is 0.00000102. The number of hydrogen-bond donors (Lipinski definition) is 0. The summed E-state index contributed by atoms with van der Waals surface area (Å²) in [5.74, 6) is -0.227. The van der Waals surface area contributed by atoms with Crippen molar-refractivity contribution in [1.82, 2.24) is 9.13 Å². The van der Waals surface area contributed by atoms with E-state index in [0.29, 0.717) is 27.9 Å². The van der Waals surface area contributed by atoms with Crippen LogP contribution in [0.25, 0.3) is 16.7 Å². The van der Waals surface area contributed by atoms with Gasteiger partial charge >= 0.3 is 5.69 Å². The van der Waals surface area contributed by atoms with Crippen LogP contribution in [0.4, 0.5) is 0 Å². The van der Waals surface area contributed by atoms with Crippen LogP contribution in [0.5, 0.6) is 0 Å². The number of fused-ring (bicyclic) bond motifs is 1. The summed E-state index contributed by atoms with van der Waals surface area (Å²) >= 11 is 0. The summed E-state index contributed by atoms with van der Waals surface area (Å²) in [5, 5.41) is 0. The zero-order chi connectivity index (χ0) is 27.8. The summed E-state index contributed by atoms with van der Waals surface area (Å²) in [7, 11) is 1.74. The molecule has 0 aliphatic carbocycles. The number of carbonyl (C=O) groups excluding carboxylic acids is 2. The van der Waals surface area contributed by atoms with Crippen LogP contribution in [0.3, 0.4) is 0 Å². The van der Waals surface area contributed by atoms with Crippen molar-refractivity contribution in [3.05, 3.63) is 135 Å². The smallest absolute Gasteiger partial charge is 0.295 e. The molecule has 0 N–H and O–H groups in total. The zero-order valence-corrected chi connectivity index (χ0v) is 26.3. The predicted molar refractivity (Wildman–Crippen MR) is 156 cm³/mol. The molecule has 1 radical (unpaired) electrons. The van der Waals surface area contributed by atoms with E-state index in [1.54, 1.807) is 76.8 Å². The minimum absolute atomic E-state index is 0. The van der Waals surface area contributed by atoms with E-state index in [1.807, 2.05) is 71.0 Å². The first-order valence-electron chi connectivity index (χ1n) is 13.0. The summed E-state index contributed by atoms with van der Waals surface area (Å²) in [5.41, 5.74) is 5.44.